The van der Waals surface area contributed by atoms with Crippen LogP contribution in [0.5, 0.6) is 5.88 Å². The minimum Gasteiger partial charge on any atom is -0.472 e. The van der Waals surface area contributed by atoms with Crippen LogP contribution in [0.25, 0.3) is 11.0 Å². The van der Waals surface area contributed by atoms with Crippen LogP contribution in [0.4, 0.5) is 0 Å². The van der Waals surface area contributed by atoms with Crippen LogP contribution in [0.15, 0.2) is 53.6 Å². The summed E-state index contributed by atoms with van der Waals surface area (Å²) in [4.78, 5) is 17.8. The molecule has 2 aromatic heterocycles. The summed E-state index contributed by atoms with van der Waals surface area (Å²) in [5.74, 6) is -0.0799. The number of sulfonamides is 1. The van der Waals surface area contributed by atoms with Crippen molar-refractivity contribution in [2.75, 3.05) is 6.54 Å². The molecule has 4 aromatic rings. The number of aryl methyl sites for hydroxylation is 3. The van der Waals surface area contributed by atoms with Gasteiger partial charge in [-0.15, -0.1) is 5.10 Å². The van der Waals surface area contributed by atoms with Crippen molar-refractivity contribution in [3.8, 4) is 5.88 Å². The third-order valence-corrected chi connectivity index (χ3v) is 11.2. The fourth-order valence-corrected chi connectivity index (χ4v) is 8.22. The Balaban J connectivity index is 1.38. The van der Waals surface area contributed by atoms with Crippen molar-refractivity contribution < 1.29 is 17.9 Å². The van der Waals surface area contributed by atoms with Gasteiger partial charge in [0.1, 0.15) is 16.5 Å². The van der Waals surface area contributed by atoms with Gasteiger partial charge >= 0.3 is 0 Å². The van der Waals surface area contributed by atoms with E-state index in [0.29, 0.717) is 13.0 Å². The van der Waals surface area contributed by atoms with Crippen molar-refractivity contribution in [1.82, 2.24) is 29.6 Å². The molecule has 2 aliphatic rings. The summed E-state index contributed by atoms with van der Waals surface area (Å²) in [6.45, 7) is 9.17. The number of ether oxygens (including phenoxy) is 1. The van der Waals surface area contributed by atoms with Crippen LogP contribution in [-0.4, -0.2) is 57.3 Å². The van der Waals surface area contributed by atoms with E-state index in [-0.39, 0.29) is 54.3 Å². The molecule has 2 atom stereocenters. The summed E-state index contributed by atoms with van der Waals surface area (Å²) in [6, 6.07) is 13.7. The maximum Gasteiger partial charge on any atom is 0.248 e. The van der Waals surface area contributed by atoms with E-state index >= 15 is 0 Å². The van der Waals surface area contributed by atoms with Crippen molar-refractivity contribution >= 4 is 27.0 Å². The molecule has 1 unspecified atom stereocenters. The fraction of sp³-hybridized carbons (Fsp3) is 0.471. The van der Waals surface area contributed by atoms with Gasteiger partial charge in [0, 0.05) is 37.7 Å². The first-order valence-electron chi connectivity index (χ1n) is 16.0. The maximum absolute atomic E-state index is 13.9. The first-order valence-corrected chi connectivity index (χ1v) is 17.5. The van der Waals surface area contributed by atoms with Gasteiger partial charge in [-0.3, -0.25) is 4.79 Å². The highest BCUT2D eigenvalue weighted by Crippen LogP contribution is 2.36. The van der Waals surface area contributed by atoms with Crippen LogP contribution in [0.1, 0.15) is 86.1 Å². The van der Waals surface area contributed by atoms with Gasteiger partial charge in [-0.05, 0) is 86.1 Å². The molecule has 238 valence electrons. The van der Waals surface area contributed by atoms with Crippen molar-refractivity contribution in [2.24, 2.45) is 0 Å². The predicted molar refractivity (Wildman–Crippen MR) is 173 cm³/mol. The molecule has 1 saturated carbocycles. The second-order valence-electron chi connectivity index (χ2n) is 12.3. The molecule has 1 fully saturated rings. The number of pyridine rings is 1. The summed E-state index contributed by atoms with van der Waals surface area (Å²) in [7, 11) is -3.86. The summed E-state index contributed by atoms with van der Waals surface area (Å²) in [5, 5.41) is 12.1. The minimum absolute atomic E-state index is 0.0212. The third kappa shape index (κ3) is 6.20. The van der Waals surface area contributed by atoms with E-state index in [4.69, 9.17) is 4.74 Å². The van der Waals surface area contributed by atoms with Crippen molar-refractivity contribution in [1.29, 1.82) is 0 Å². The maximum atomic E-state index is 13.9. The van der Waals surface area contributed by atoms with Crippen molar-refractivity contribution in [3.05, 3.63) is 76.5 Å². The standard InChI is InChI=1S/C34H42N6O4S/c1-5-27-21-39(45(42,43)31-12-9-17-35-34(31)44-27)20-25-18-24(14-13-22(25)3)29(19-32(41)36-26-10-7-8-11-26)28-15-16-30-33(23(28)4)37-38-40(30)6-2/h9,12-18,26-27,29H,5-8,10-11,19-21H2,1-4H3,(H,36,41)/t27-,29?/m1/s1. The molecule has 0 radical (unpaired) electrons. The lowest BCUT2D eigenvalue weighted by atomic mass is 9.84. The number of hydrogen-bond acceptors (Lipinski definition) is 7. The quantitative estimate of drug-likeness (QED) is 0.263. The molecule has 1 aliphatic carbocycles. The molecule has 0 bridgehead atoms. The highest BCUT2D eigenvalue weighted by molar-refractivity contribution is 7.89. The summed E-state index contributed by atoms with van der Waals surface area (Å²) in [6.07, 6.45) is 6.46. The largest absolute Gasteiger partial charge is 0.472 e. The number of carbonyl (C=O) groups excluding carboxylic acids is 1. The number of benzene rings is 2. The smallest absolute Gasteiger partial charge is 0.248 e. The van der Waals surface area contributed by atoms with Gasteiger partial charge in [0.2, 0.25) is 21.8 Å². The monoisotopic (exact) mass is 630 g/mol. The molecule has 0 saturated heterocycles. The molecular weight excluding hydrogens is 588 g/mol. The Hall–Kier alpha value is -3.83. The number of fused-ring (bicyclic) bond motifs is 2. The van der Waals surface area contributed by atoms with Crippen LogP contribution in [0, 0.1) is 13.8 Å². The lowest BCUT2D eigenvalue weighted by Crippen LogP contribution is -2.36. The van der Waals surface area contributed by atoms with Crippen LogP contribution in [0.3, 0.4) is 0 Å². The summed E-state index contributed by atoms with van der Waals surface area (Å²) >= 11 is 0. The van der Waals surface area contributed by atoms with Crippen LogP contribution in [0.2, 0.25) is 0 Å². The zero-order valence-electron chi connectivity index (χ0n) is 26.5. The van der Waals surface area contributed by atoms with Gasteiger partial charge < -0.3 is 10.1 Å². The van der Waals surface area contributed by atoms with Crippen molar-refractivity contribution in [3.63, 3.8) is 0 Å². The molecule has 1 N–H and O–H groups in total. The first-order chi connectivity index (χ1) is 21.7. The van der Waals surface area contributed by atoms with E-state index in [0.717, 1.165) is 64.5 Å². The van der Waals surface area contributed by atoms with E-state index in [2.05, 4.69) is 38.8 Å². The SMILES string of the molecule is CC[C@@H]1CN(Cc2cc(C(CC(=O)NC3CCCC3)c3ccc4c(nnn4CC)c3C)ccc2C)S(=O)(=O)c2cccnc2O1. The average molecular weight is 631 g/mol. The van der Waals surface area contributed by atoms with Crippen molar-refractivity contribution in [2.45, 2.75) is 102 Å². The third-order valence-electron chi connectivity index (χ3n) is 9.38. The number of nitrogens with one attached hydrogen (secondary N) is 1. The number of nitrogens with zero attached hydrogens (tertiary/aromatic N) is 5. The lowest BCUT2D eigenvalue weighted by Gasteiger charge is -2.25. The highest BCUT2D eigenvalue weighted by Gasteiger charge is 2.35. The molecule has 1 amide bonds. The summed E-state index contributed by atoms with van der Waals surface area (Å²) in [5.41, 5.74) is 6.63. The molecule has 3 heterocycles. The molecule has 2 aromatic carbocycles. The second kappa shape index (κ2) is 12.9. The Morgan fingerprint density at radius 3 is 2.67 bits per heavy atom. The minimum atomic E-state index is -3.86. The molecule has 11 heteroatoms. The van der Waals surface area contributed by atoms with Crippen LogP contribution in [-0.2, 0) is 27.9 Å². The Bertz CT molecular complexity index is 1810. The first kappa shape index (κ1) is 31.2. The Labute approximate surface area is 265 Å². The molecule has 10 nitrogen and oxygen atoms in total. The molecule has 1 aliphatic heterocycles. The van der Waals surface area contributed by atoms with Gasteiger partial charge in [0.05, 0.1) is 12.1 Å². The number of amides is 1. The zero-order valence-corrected chi connectivity index (χ0v) is 27.3. The lowest BCUT2D eigenvalue weighted by molar-refractivity contribution is -0.122. The van der Waals surface area contributed by atoms with Gasteiger partial charge in [-0.2, -0.15) is 4.31 Å². The average Bonchev–Trinajstić information content (AvgIpc) is 3.68. The van der Waals surface area contributed by atoms with E-state index in [9.17, 15) is 13.2 Å². The Morgan fingerprint density at radius 1 is 1.11 bits per heavy atom. The fourth-order valence-electron chi connectivity index (χ4n) is 6.69. The number of aromatic nitrogens is 4. The zero-order chi connectivity index (χ0) is 31.7. The normalized spacial score (nSPS) is 19.2. The van der Waals surface area contributed by atoms with Gasteiger partial charge in [0.25, 0.3) is 0 Å². The Morgan fingerprint density at radius 2 is 1.91 bits per heavy atom. The number of carbonyl (C=O) groups is 1. The highest BCUT2D eigenvalue weighted by atomic mass is 32.2. The molecular formula is C34H42N6O4S. The van der Waals surface area contributed by atoms with E-state index in [1.807, 2.05) is 44.5 Å². The van der Waals surface area contributed by atoms with Gasteiger partial charge in [-0.25, -0.2) is 18.1 Å². The van der Waals surface area contributed by atoms with E-state index in [1.54, 1.807) is 18.3 Å². The van der Waals surface area contributed by atoms with E-state index < -0.39 is 10.0 Å². The molecule has 45 heavy (non-hydrogen) atoms. The van der Waals surface area contributed by atoms with E-state index in [1.165, 1.54) is 4.31 Å². The summed E-state index contributed by atoms with van der Waals surface area (Å²) < 4.78 is 37.2. The van der Waals surface area contributed by atoms with Crippen LogP contribution >= 0.6 is 0 Å². The predicted octanol–water partition coefficient (Wildman–Crippen LogP) is 5.41. The topological polar surface area (TPSA) is 119 Å². The number of hydrogen-bond donors (Lipinski definition) is 1. The Kier molecular flexibility index (Phi) is 8.92. The molecule has 6 rings (SSSR count). The number of rotatable bonds is 9. The van der Waals surface area contributed by atoms with Crippen LogP contribution < -0.4 is 10.1 Å². The second-order valence-corrected chi connectivity index (χ2v) is 14.2. The van der Waals surface area contributed by atoms with Gasteiger partial charge in [-0.1, -0.05) is 49.2 Å². The van der Waals surface area contributed by atoms with Gasteiger partial charge in [0.15, 0.2) is 0 Å². The molecule has 0 spiro atoms.